The average molecular weight is 392 g/mol. The van der Waals surface area contributed by atoms with E-state index < -0.39 is 0 Å². The normalized spacial score (nSPS) is 16.2. The van der Waals surface area contributed by atoms with E-state index in [1.54, 1.807) is 16.5 Å². The van der Waals surface area contributed by atoms with Crippen molar-refractivity contribution >= 4 is 5.91 Å². The Balaban J connectivity index is 1.54. The van der Waals surface area contributed by atoms with Crippen LogP contribution in [0.1, 0.15) is 30.3 Å². The van der Waals surface area contributed by atoms with Crippen LogP contribution in [0.4, 0.5) is 0 Å². The molecular weight excluding hydrogens is 368 g/mol. The minimum absolute atomic E-state index is 0.0315. The molecule has 0 saturated carbocycles. The van der Waals surface area contributed by atoms with E-state index in [-0.39, 0.29) is 24.2 Å². The summed E-state index contributed by atoms with van der Waals surface area (Å²) in [5, 5.41) is 4.47. The lowest BCUT2D eigenvalue weighted by atomic mass is 10.2. The van der Waals surface area contributed by atoms with Gasteiger partial charge in [0.05, 0.1) is 12.6 Å². The van der Waals surface area contributed by atoms with E-state index >= 15 is 0 Å². The number of hydrogen-bond donors (Lipinski definition) is 0. The highest BCUT2D eigenvalue weighted by Crippen LogP contribution is 2.30. The number of likely N-dealkylation sites (tertiary alicyclic amines) is 1. The average Bonchev–Trinajstić information content (AvgIpc) is 3.34. The van der Waals surface area contributed by atoms with Crippen LogP contribution in [0, 0.1) is 0 Å². The van der Waals surface area contributed by atoms with Gasteiger partial charge in [-0.2, -0.15) is 5.10 Å². The molecule has 1 unspecified atom stereocenters. The molecule has 1 atom stereocenters. The summed E-state index contributed by atoms with van der Waals surface area (Å²) in [6.07, 6.45) is 1.65. The van der Waals surface area contributed by atoms with Crippen LogP contribution in [-0.4, -0.2) is 38.3 Å². The SMILES string of the molecule is Cn1nc(C2CCCN2C(=O)COc2ccccc2)n(Cc2ccccc2)c1=O. The first-order chi connectivity index (χ1) is 14.1. The standard InChI is InChI=1S/C22H24N4O3/c1-24-22(28)26(15-17-9-4-2-5-10-17)21(23-24)19-13-8-14-25(19)20(27)16-29-18-11-6-3-7-12-18/h2-7,9-12,19H,8,13-16H2,1H3. The zero-order valence-corrected chi connectivity index (χ0v) is 16.4. The summed E-state index contributed by atoms with van der Waals surface area (Å²) >= 11 is 0. The minimum atomic E-state index is -0.223. The maximum Gasteiger partial charge on any atom is 0.346 e. The third-order valence-corrected chi connectivity index (χ3v) is 5.20. The van der Waals surface area contributed by atoms with E-state index in [0.29, 0.717) is 24.7 Å². The molecular formula is C22H24N4O3. The van der Waals surface area contributed by atoms with Gasteiger partial charge in [0.15, 0.2) is 12.4 Å². The smallest absolute Gasteiger partial charge is 0.346 e. The van der Waals surface area contributed by atoms with Crippen LogP contribution in [-0.2, 0) is 18.4 Å². The lowest BCUT2D eigenvalue weighted by Gasteiger charge is -2.24. The van der Waals surface area contributed by atoms with Gasteiger partial charge in [-0.3, -0.25) is 9.36 Å². The Morgan fingerprint density at radius 2 is 1.79 bits per heavy atom. The zero-order valence-electron chi connectivity index (χ0n) is 16.4. The number of aryl methyl sites for hydroxylation is 1. The summed E-state index contributed by atoms with van der Waals surface area (Å²) in [4.78, 5) is 27.3. The Hall–Kier alpha value is -3.35. The van der Waals surface area contributed by atoms with Crippen LogP contribution in [0.2, 0.25) is 0 Å². The van der Waals surface area contributed by atoms with Crippen LogP contribution >= 0.6 is 0 Å². The number of carbonyl (C=O) groups excluding carboxylic acids is 1. The van der Waals surface area contributed by atoms with E-state index in [0.717, 1.165) is 18.4 Å². The van der Waals surface area contributed by atoms with Gasteiger partial charge in [0.1, 0.15) is 5.75 Å². The predicted octanol–water partition coefficient (Wildman–Crippen LogP) is 2.37. The Bertz CT molecular complexity index is 1030. The highest BCUT2D eigenvalue weighted by atomic mass is 16.5. The fraction of sp³-hybridized carbons (Fsp3) is 0.318. The number of benzene rings is 2. The first-order valence-electron chi connectivity index (χ1n) is 9.78. The topological polar surface area (TPSA) is 69.4 Å². The molecule has 1 aliphatic heterocycles. The Labute approximate surface area is 169 Å². The van der Waals surface area contributed by atoms with E-state index in [2.05, 4.69) is 5.10 Å². The highest BCUT2D eigenvalue weighted by molar-refractivity contribution is 5.78. The quantitative estimate of drug-likeness (QED) is 0.646. The first-order valence-corrected chi connectivity index (χ1v) is 9.78. The van der Waals surface area contributed by atoms with Gasteiger partial charge >= 0.3 is 5.69 Å². The lowest BCUT2D eigenvalue weighted by Crippen LogP contribution is -2.36. The third-order valence-electron chi connectivity index (χ3n) is 5.20. The second kappa shape index (κ2) is 8.34. The van der Waals surface area contributed by atoms with Gasteiger partial charge in [0.2, 0.25) is 0 Å². The number of rotatable bonds is 6. The van der Waals surface area contributed by atoms with Gasteiger partial charge < -0.3 is 9.64 Å². The number of ether oxygens (including phenoxy) is 1. The molecule has 1 aromatic heterocycles. The van der Waals surface area contributed by atoms with Crippen LogP contribution in [0.5, 0.6) is 5.75 Å². The Kier molecular flexibility index (Phi) is 5.46. The second-order valence-electron chi connectivity index (χ2n) is 7.18. The van der Waals surface area contributed by atoms with Crippen molar-refractivity contribution < 1.29 is 9.53 Å². The number of nitrogens with zero attached hydrogens (tertiary/aromatic N) is 4. The molecule has 1 saturated heterocycles. The number of carbonyl (C=O) groups is 1. The largest absolute Gasteiger partial charge is 0.484 e. The number of aromatic nitrogens is 3. The van der Waals surface area contributed by atoms with E-state index in [1.807, 2.05) is 60.7 Å². The lowest BCUT2D eigenvalue weighted by molar-refractivity contribution is -0.134. The molecule has 0 N–H and O–H groups in total. The summed E-state index contributed by atoms with van der Waals surface area (Å²) in [5.41, 5.74) is 0.843. The molecule has 0 spiro atoms. The van der Waals surface area contributed by atoms with Gasteiger partial charge in [-0.05, 0) is 30.5 Å². The van der Waals surface area contributed by atoms with Gasteiger partial charge in [0.25, 0.3) is 5.91 Å². The molecule has 7 nitrogen and oxygen atoms in total. The maximum atomic E-state index is 12.8. The maximum absolute atomic E-state index is 12.8. The number of para-hydroxylation sites is 1. The van der Waals surface area contributed by atoms with E-state index in [4.69, 9.17) is 4.74 Å². The van der Waals surface area contributed by atoms with Crippen LogP contribution in [0.3, 0.4) is 0 Å². The summed E-state index contributed by atoms with van der Waals surface area (Å²) in [6, 6.07) is 18.9. The van der Waals surface area contributed by atoms with Crippen LogP contribution in [0.25, 0.3) is 0 Å². The molecule has 4 rings (SSSR count). The molecule has 29 heavy (non-hydrogen) atoms. The summed E-state index contributed by atoms with van der Waals surface area (Å²) < 4.78 is 8.65. The van der Waals surface area contributed by atoms with Gasteiger partial charge in [-0.15, -0.1) is 0 Å². The van der Waals surface area contributed by atoms with Crippen molar-refractivity contribution in [2.45, 2.75) is 25.4 Å². The predicted molar refractivity (Wildman–Crippen MR) is 109 cm³/mol. The van der Waals surface area contributed by atoms with Crippen molar-refractivity contribution in [2.24, 2.45) is 7.05 Å². The minimum Gasteiger partial charge on any atom is -0.484 e. The summed E-state index contributed by atoms with van der Waals surface area (Å²) in [5.74, 6) is 1.20. The molecule has 3 aromatic rings. The highest BCUT2D eigenvalue weighted by Gasteiger charge is 2.34. The molecule has 0 aliphatic carbocycles. The van der Waals surface area contributed by atoms with Crippen molar-refractivity contribution in [1.29, 1.82) is 0 Å². The van der Waals surface area contributed by atoms with Crippen molar-refractivity contribution in [3.63, 3.8) is 0 Å². The molecule has 0 radical (unpaired) electrons. The fourth-order valence-electron chi connectivity index (χ4n) is 3.76. The summed E-state index contributed by atoms with van der Waals surface area (Å²) in [6.45, 7) is 1.04. The van der Waals surface area contributed by atoms with Crippen molar-refractivity contribution in [3.05, 3.63) is 82.5 Å². The molecule has 1 aliphatic rings. The Morgan fingerprint density at radius 1 is 1.10 bits per heavy atom. The molecule has 1 amide bonds. The molecule has 1 fully saturated rings. The molecule has 2 aromatic carbocycles. The van der Waals surface area contributed by atoms with E-state index in [1.165, 1.54) is 4.68 Å². The summed E-state index contributed by atoms with van der Waals surface area (Å²) in [7, 11) is 1.65. The van der Waals surface area contributed by atoms with E-state index in [9.17, 15) is 9.59 Å². The third kappa shape index (κ3) is 4.08. The van der Waals surface area contributed by atoms with Crippen LogP contribution < -0.4 is 10.4 Å². The molecule has 0 bridgehead atoms. The van der Waals surface area contributed by atoms with Crippen molar-refractivity contribution in [3.8, 4) is 5.75 Å². The fourth-order valence-corrected chi connectivity index (χ4v) is 3.76. The first kappa shape index (κ1) is 19.0. The Morgan fingerprint density at radius 3 is 2.52 bits per heavy atom. The molecule has 7 heteroatoms. The number of amides is 1. The van der Waals surface area contributed by atoms with Crippen molar-refractivity contribution in [1.82, 2.24) is 19.2 Å². The zero-order chi connectivity index (χ0) is 20.2. The monoisotopic (exact) mass is 392 g/mol. The molecule has 150 valence electrons. The van der Waals surface area contributed by atoms with Gasteiger partial charge in [0, 0.05) is 13.6 Å². The van der Waals surface area contributed by atoms with Crippen molar-refractivity contribution in [2.75, 3.05) is 13.2 Å². The van der Waals surface area contributed by atoms with Gasteiger partial charge in [-0.25, -0.2) is 9.48 Å². The molecule has 2 heterocycles. The number of hydrogen-bond acceptors (Lipinski definition) is 4. The van der Waals surface area contributed by atoms with Gasteiger partial charge in [-0.1, -0.05) is 48.5 Å². The second-order valence-corrected chi connectivity index (χ2v) is 7.18. The van der Waals surface area contributed by atoms with Crippen LogP contribution in [0.15, 0.2) is 65.5 Å².